The van der Waals surface area contributed by atoms with Gasteiger partial charge in [0, 0.05) is 11.8 Å². The quantitative estimate of drug-likeness (QED) is 0.675. The van der Waals surface area contributed by atoms with Crippen molar-refractivity contribution in [2.24, 2.45) is 0 Å². The van der Waals surface area contributed by atoms with E-state index < -0.39 is 0 Å². The Morgan fingerprint density at radius 3 is 2.21 bits per heavy atom. The molecule has 0 amide bonds. The van der Waals surface area contributed by atoms with Gasteiger partial charge in [-0.3, -0.25) is 0 Å². The van der Waals surface area contributed by atoms with Crippen molar-refractivity contribution >= 4 is 23.0 Å². The lowest BCUT2D eigenvalue weighted by molar-refractivity contribution is 0.632. The molecule has 122 valence electrons. The van der Waals surface area contributed by atoms with Crippen molar-refractivity contribution in [2.45, 2.75) is 19.8 Å². The first-order valence-corrected chi connectivity index (χ1v) is 7.82. The van der Waals surface area contributed by atoms with E-state index in [2.05, 4.69) is 46.6 Å². The van der Waals surface area contributed by atoms with Crippen molar-refractivity contribution < 1.29 is 4.39 Å². The van der Waals surface area contributed by atoms with E-state index in [1.165, 1.54) is 18.0 Å². The molecule has 0 bridgehead atoms. The van der Waals surface area contributed by atoms with Gasteiger partial charge in [0.15, 0.2) is 0 Å². The zero-order chi connectivity index (χ0) is 16.9. The molecule has 0 saturated carbocycles. The molecule has 0 saturated heterocycles. The van der Waals surface area contributed by atoms with Gasteiger partial charge in [-0.1, -0.05) is 38.1 Å². The zero-order valence-electron chi connectivity index (χ0n) is 13.6. The summed E-state index contributed by atoms with van der Waals surface area (Å²) in [7, 11) is 0. The predicted molar refractivity (Wildman–Crippen MR) is 95.5 cm³/mol. The number of anilines is 4. The number of benzene rings is 2. The summed E-state index contributed by atoms with van der Waals surface area (Å²) in [4.78, 5) is 8.33. The van der Waals surface area contributed by atoms with Crippen molar-refractivity contribution in [3.63, 3.8) is 0 Å². The lowest BCUT2D eigenvalue weighted by Crippen LogP contribution is -1.99. The van der Waals surface area contributed by atoms with Crippen LogP contribution in [0.5, 0.6) is 0 Å². The lowest BCUT2D eigenvalue weighted by Gasteiger charge is -2.10. The van der Waals surface area contributed by atoms with E-state index >= 15 is 0 Å². The Labute approximate surface area is 140 Å². The minimum atomic E-state index is -0.324. The Morgan fingerprint density at radius 1 is 0.875 bits per heavy atom. The SMILES string of the molecule is CC(C)c1ccc(Nc2cc(Nc3ccccc3F)ncn2)cc1. The molecule has 0 radical (unpaired) electrons. The molecule has 5 heteroatoms. The van der Waals surface area contributed by atoms with E-state index in [0.717, 1.165) is 5.69 Å². The van der Waals surface area contributed by atoms with Crippen molar-refractivity contribution in [3.05, 3.63) is 72.3 Å². The normalized spacial score (nSPS) is 10.7. The van der Waals surface area contributed by atoms with Gasteiger partial charge in [0.25, 0.3) is 0 Å². The third-order valence-electron chi connectivity index (χ3n) is 3.65. The fraction of sp³-hybridized carbons (Fsp3) is 0.158. The van der Waals surface area contributed by atoms with Gasteiger partial charge < -0.3 is 10.6 Å². The van der Waals surface area contributed by atoms with Crippen LogP contribution in [-0.2, 0) is 0 Å². The molecule has 0 unspecified atom stereocenters. The number of aromatic nitrogens is 2. The fourth-order valence-electron chi connectivity index (χ4n) is 2.29. The summed E-state index contributed by atoms with van der Waals surface area (Å²) < 4.78 is 13.7. The summed E-state index contributed by atoms with van der Waals surface area (Å²) >= 11 is 0. The first kappa shape index (κ1) is 15.9. The van der Waals surface area contributed by atoms with Gasteiger partial charge in [-0.15, -0.1) is 0 Å². The molecule has 1 heterocycles. The molecule has 0 atom stereocenters. The van der Waals surface area contributed by atoms with Crippen LogP contribution in [0.1, 0.15) is 25.3 Å². The topological polar surface area (TPSA) is 49.8 Å². The van der Waals surface area contributed by atoms with Crippen molar-refractivity contribution in [1.29, 1.82) is 0 Å². The van der Waals surface area contributed by atoms with E-state index in [4.69, 9.17) is 0 Å². The summed E-state index contributed by atoms with van der Waals surface area (Å²) in [5.41, 5.74) is 2.60. The molecule has 4 nitrogen and oxygen atoms in total. The Balaban J connectivity index is 1.74. The second-order valence-corrected chi connectivity index (χ2v) is 5.80. The highest BCUT2D eigenvalue weighted by Crippen LogP contribution is 2.22. The van der Waals surface area contributed by atoms with E-state index in [-0.39, 0.29) is 5.82 Å². The third-order valence-corrected chi connectivity index (χ3v) is 3.65. The first-order valence-electron chi connectivity index (χ1n) is 7.82. The molecular formula is C19H19FN4. The van der Waals surface area contributed by atoms with Crippen LogP contribution in [0.25, 0.3) is 0 Å². The number of hydrogen-bond acceptors (Lipinski definition) is 4. The minimum absolute atomic E-state index is 0.324. The predicted octanol–water partition coefficient (Wildman–Crippen LogP) is 5.23. The average molecular weight is 322 g/mol. The van der Waals surface area contributed by atoms with Crippen LogP contribution >= 0.6 is 0 Å². The summed E-state index contributed by atoms with van der Waals surface area (Å²) in [6.45, 7) is 4.32. The molecule has 2 aromatic carbocycles. The number of rotatable bonds is 5. The van der Waals surface area contributed by atoms with Gasteiger partial charge in [-0.2, -0.15) is 0 Å². The largest absolute Gasteiger partial charge is 0.340 e. The maximum Gasteiger partial charge on any atom is 0.146 e. The van der Waals surface area contributed by atoms with Gasteiger partial charge in [-0.05, 0) is 35.7 Å². The highest BCUT2D eigenvalue weighted by molar-refractivity contribution is 5.63. The van der Waals surface area contributed by atoms with Crippen LogP contribution in [0, 0.1) is 5.82 Å². The van der Waals surface area contributed by atoms with Crippen LogP contribution < -0.4 is 10.6 Å². The molecule has 3 aromatic rings. The Morgan fingerprint density at radius 2 is 1.54 bits per heavy atom. The Kier molecular flexibility index (Phi) is 4.70. The molecule has 24 heavy (non-hydrogen) atoms. The van der Waals surface area contributed by atoms with Crippen molar-refractivity contribution in [2.75, 3.05) is 10.6 Å². The summed E-state index contributed by atoms with van der Waals surface area (Å²) in [5.74, 6) is 1.34. The number of para-hydroxylation sites is 1. The second-order valence-electron chi connectivity index (χ2n) is 5.80. The van der Waals surface area contributed by atoms with Gasteiger partial charge in [0.05, 0.1) is 5.69 Å². The molecule has 3 rings (SSSR count). The highest BCUT2D eigenvalue weighted by Gasteiger charge is 2.04. The fourth-order valence-corrected chi connectivity index (χ4v) is 2.29. The van der Waals surface area contributed by atoms with E-state index in [0.29, 0.717) is 23.2 Å². The van der Waals surface area contributed by atoms with E-state index in [1.807, 2.05) is 12.1 Å². The highest BCUT2D eigenvalue weighted by atomic mass is 19.1. The molecule has 0 aliphatic heterocycles. The van der Waals surface area contributed by atoms with Crippen LogP contribution in [0.15, 0.2) is 60.9 Å². The van der Waals surface area contributed by atoms with Crippen molar-refractivity contribution in [3.8, 4) is 0 Å². The van der Waals surface area contributed by atoms with Gasteiger partial charge >= 0.3 is 0 Å². The molecule has 0 fully saturated rings. The summed E-state index contributed by atoms with van der Waals surface area (Å²) in [6, 6.07) is 16.4. The molecule has 0 aliphatic carbocycles. The Hall–Kier alpha value is -2.95. The molecule has 1 aromatic heterocycles. The monoisotopic (exact) mass is 322 g/mol. The standard InChI is InChI=1S/C19H19FN4/c1-13(2)14-7-9-15(10-8-14)23-18-11-19(22-12-21-18)24-17-6-4-3-5-16(17)20/h3-13H,1-2H3,(H2,21,22,23,24). The molecule has 0 aliphatic rings. The summed E-state index contributed by atoms with van der Waals surface area (Å²) in [5, 5.41) is 6.18. The molecule has 0 spiro atoms. The number of halogens is 1. The zero-order valence-corrected chi connectivity index (χ0v) is 13.6. The van der Waals surface area contributed by atoms with Crippen LogP contribution in [0.4, 0.5) is 27.4 Å². The van der Waals surface area contributed by atoms with Gasteiger partial charge in [-0.25, -0.2) is 14.4 Å². The third kappa shape index (κ3) is 3.87. The lowest BCUT2D eigenvalue weighted by atomic mass is 10.0. The smallest absolute Gasteiger partial charge is 0.146 e. The summed E-state index contributed by atoms with van der Waals surface area (Å²) in [6.07, 6.45) is 1.44. The number of hydrogen-bond donors (Lipinski definition) is 2. The van der Waals surface area contributed by atoms with Crippen molar-refractivity contribution in [1.82, 2.24) is 9.97 Å². The average Bonchev–Trinajstić information content (AvgIpc) is 2.58. The minimum Gasteiger partial charge on any atom is -0.340 e. The maximum atomic E-state index is 13.7. The van der Waals surface area contributed by atoms with Crippen LogP contribution in [0.2, 0.25) is 0 Å². The first-order chi connectivity index (χ1) is 11.6. The van der Waals surface area contributed by atoms with E-state index in [9.17, 15) is 4.39 Å². The van der Waals surface area contributed by atoms with Crippen LogP contribution in [-0.4, -0.2) is 9.97 Å². The number of nitrogens with one attached hydrogen (secondary N) is 2. The molecule has 2 N–H and O–H groups in total. The Bertz CT molecular complexity index is 816. The van der Waals surface area contributed by atoms with Gasteiger partial charge in [0.2, 0.25) is 0 Å². The van der Waals surface area contributed by atoms with Gasteiger partial charge in [0.1, 0.15) is 23.8 Å². The molecular weight excluding hydrogens is 303 g/mol. The number of nitrogens with zero attached hydrogens (tertiary/aromatic N) is 2. The van der Waals surface area contributed by atoms with E-state index in [1.54, 1.807) is 24.3 Å². The second kappa shape index (κ2) is 7.08. The van der Waals surface area contributed by atoms with Crippen LogP contribution in [0.3, 0.4) is 0 Å². The maximum absolute atomic E-state index is 13.7.